The standard InChI is InChI=1S/C14H22ClNO2/c1-13(2,3)17-11-8-10(16)12(7-9(11)15)18-14(4,5)6/h7-8H,16H2,1-6H3. The molecular weight excluding hydrogens is 250 g/mol. The molecule has 0 amide bonds. The number of ether oxygens (including phenoxy) is 2. The van der Waals surface area contributed by atoms with E-state index in [2.05, 4.69) is 0 Å². The maximum Gasteiger partial charge on any atom is 0.144 e. The lowest BCUT2D eigenvalue weighted by atomic mass is 10.1. The van der Waals surface area contributed by atoms with Crippen molar-refractivity contribution in [1.29, 1.82) is 0 Å². The molecule has 0 bridgehead atoms. The molecule has 1 rings (SSSR count). The second-order valence-corrected chi connectivity index (χ2v) is 6.66. The van der Waals surface area contributed by atoms with Crippen molar-refractivity contribution in [3.63, 3.8) is 0 Å². The molecule has 2 N–H and O–H groups in total. The number of benzene rings is 1. The van der Waals surface area contributed by atoms with Crippen LogP contribution in [-0.2, 0) is 0 Å². The van der Waals surface area contributed by atoms with Crippen molar-refractivity contribution in [2.45, 2.75) is 52.7 Å². The molecule has 0 heterocycles. The van der Waals surface area contributed by atoms with Crippen LogP contribution >= 0.6 is 11.6 Å². The number of hydrogen-bond donors (Lipinski definition) is 1. The summed E-state index contributed by atoms with van der Waals surface area (Å²) in [5, 5.41) is 0.498. The van der Waals surface area contributed by atoms with Gasteiger partial charge in [-0.2, -0.15) is 0 Å². The third-order valence-electron chi connectivity index (χ3n) is 1.90. The van der Waals surface area contributed by atoms with Crippen LogP contribution in [-0.4, -0.2) is 11.2 Å². The van der Waals surface area contributed by atoms with E-state index in [0.29, 0.717) is 22.2 Å². The first-order valence-electron chi connectivity index (χ1n) is 5.95. The summed E-state index contributed by atoms with van der Waals surface area (Å²) in [6.07, 6.45) is 0. The zero-order chi connectivity index (χ0) is 14.1. The number of halogens is 1. The van der Waals surface area contributed by atoms with Crippen molar-refractivity contribution >= 4 is 17.3 Å². The topological polar surface area (TPSA) is 44.5 Å². The summed E-state index contributed by atoms with van der Waals surface area (Å²) in [6.45, 7) is 11.7. The normalized spacial score (nSPS) is 12.4. The van der Waals surface area contributed by atoms with E-state index >= 15 is 0 Å². The van der Waals surface area contributed by atoms with Crippen LogP contribution in [0.15, 0.2) is 12.1 Å². The Bertz CT molecular complexity index is 389. The highest BCUT2D eigenvalue weighted by molar-refractivity contribution is 6.32. The molecule has 3 nitrogen and oxygen atoms in total. The highest BCUT2D eigenvalue weighted by Gasteiger charge is 2.19. The van der Waals surface area contributed by atoms with Gasteiger partial charge in [-0.3, -0.25) is 0 Å². The molecule has 0 aliphatic heterocycles. The highest BCUT2D eigenvalue weighted by atomic mass is 35.5. The molecule has 0 saturated heterocycles. The van der Waals surface area contributed by atoms with Gasteiger partial charge in [0.2, 0.25) is 0 Å². The van der Waals surface area contributed by atoms with Gasteiger partial charge in [-0.1, -0.05) is 11.6 Å². The first kappa shape index (κ1) is 15.0. The average Bonchev–Trinajstić information content (AvgIpc) is 2.08. The van der Waals surface area contributed by atoms with Gasteiger partial charge in [0.25, 0.3) is 0 Å². The van der Waals surface area contributed by atoms with E-state index in [4.69, 9.17) is 26.8 Å². The van der Waals surface area contributed by atoms with Crippen LogP contribution in [0.5, 0.6) is 11.5 Å². The summed E-state index contributed by atoms with van der Waals surface area (Å²) < 4.78 is 11.5. The summed E-state index contributed by atoms with van der Waals surface area (Å²) in [6, 6.07) is 3.40. The maximum absolute atomic E-state index is 6.18. The molecule has 0 fully saturated rings. The molecule has 0 aromatic heterocycles. The molecule has 1 aromatic carbocycles. The minimum atomic E-state index is -0.317. The molecule has 1 aromatic rings. The summed E-state index contributed by atoms with van der Waals surface area (Å²) in [4.78, 5) is 0. The van der Waals surface area contributed by atoms with Gasteiger partial charge in [-0.25, -0.2) is 0 Å². The van der Waals surface area contributed by atoms with Crippen LogP contribution in [0.4, 0.5) is 5.69 Å². The minimum Gasteiger partial charge on any atom is -0.487 e. The van der Waals surface area contributed by atoms with Crippen LogP contribution in [0.1, 0.15) is 41.5 Å². The van der Waals surface area contributed by atoms with Crippen molar-refractivity contribution in [2.24, 2.45) is 0 Å². The summed E-state index contributed by atoms with van der Waals surface area (Å²) in [5.74, 6) is 1.15. The summed E-state index contributed by atoms with van der Waals surface area (Å²) in [7, 11) is 0. The highest BCUT2D eigenvalue weighted by Crippen LogP contribution is 2.37. The predicted octanol–water partition coefficient (Wildman–Crippen LogP) is 4.28. The molecule has 0 spiro atoms. The second-order valence-electron chi connectivity index (χ2n) is 6.25. The maximum atomic E-state index is 6.18. The van der Waals surface area contributed by atoms with Crippen molar-refractivity contribution in [3.8, 4) is 11.5 Å². The van der Waals surface area contributed by atoms with E-state index in [0.717, 1.165) is 0 Å². The lowest BCUT2D eigenvalue weighted by Gasteiger charge is -2.25. The van der Waals surface area contributed by atoms with Crippen LogP contribution in [0.3, 0.4) is 0 Å². The van der Waals surface area contributed by atoms with Crippen molar-refractivity contribution in [1.82, 2.24) is 0 Å². The van der Waals surface area contributed by atoms with Crippen LogP contribution in [0.2, 0.25) is 5.02 Å². The van der Waals surface area contributed by atoms with E-state index in [1.807, 2.05) is 41.5 Å². The van der Waals surface area contributed by atoms with Gasteiger partial charge in [0.1, 0.15) is 22.7 Å². The molecule has 0 saturated carbocycles. The number of rotatable bonds is 2. The van der Waals surface area contributed by atoms with Crippen LogP contribution in [0.25, 0.3) is 0 Å². The Labute approximate surface area is 114 Å². The first-order valence-corrected chi connectivity index (χ1v) is 6.33. The second kappa shape index (κ2) is 4.88. The van der Waals surface area contributed by atoms with Gasteiger partial charge in [0.05, 0.1) is 10.7 Å². The Hall–Kier alpha value is -1.09. The van der Waals surface area contributed by atoms with Crippen LogP contribution in [0, 0.1) is 0 Å². The smallest absolute Gasteiger partial charge is 0.144 e. The van der Waals surface area contributed by atoms with Gasteiger partial charge < -0.3 is 15.2 Å². The van der Waals surface area contributed by atoms with E-state index in [1.165, 1.54) is 0 Å². The number of nitrogen functional groups attached to an aromatic ring is 1. The molecule has 4 heteroatoms. The Kier molecular flexibility index (Phi) is 4.06. The molecule has 0 unspecified atom stereocenters. The molecule has 0 radical (unpaired) electrons. The largest absolute Gasteiger partial charge is 0.487 e. The predicted molar refractivity (Wildman–Crippen MR) is 76.6 cm³/mol. The number of hydrogen-bond acceptors (Lipinski definition) is 3. The van der Waals surface area contributed by atoms with E-state index in [9.17, 15) is 0 Å². The average molecular weight is 272 g/mol. The SMILES string of the molecule is CC(C)(C)Oc1cc(Cl)c(OC(C)(C)C)cc1N. The Balaban J connectivity index is 3.05. The molecular formula is C14H22ClNO2. The quantitative estimate of drug-likeness (QED) is 0.817. The monoisotopic (exact) mass is 271 g/mol. The number of nitrogens with two attached hydrogens (primary N) is 1. The first-order chi connectivity index (χ1) is 7.98. The van der Waals surface area contributed by atoms with Crippen molar-refractivity contribution in [3.05, 3.63) is 17.2 Å². The Morgan fingerprint density at radius 3 is 1.78 bits per heavy atom. The van der Waals surface area contributed by atoms with Gasteiger partial charge in [0.15, 0.2) is 0 Å². The lowest BCUT2D eigenvalue weighted by Crippen LogP contribution is -2.24. The lowest BCUT2D eigenvalue weighted by molar-refractivity contribution is 0.126. The van der Waals surface area contributed by atoms with Crippen molar-refractivity contribution in [2.75, 3.05) is 5.73 Å². The molecule has 0 aliphatic rings. The fourth-order valence-electron chi connectivity index (χ4n) is 1.38. The zero-order valence-electron chi connectivity index (χ0n) is 11.9. The molecule has 102 valence electrons. The van der Waals surface area contributed by atoms with E-state index < -0.39 is 0 Å². The van der Waals surface area contributed by atoms with Gasteiger partial charge >= 0.3 is 0 Å². The third-order valence-corrected chi connectivity index (χ3v) is 2.19. The van der Waals surface area contributed by atoms with Gasteiger partial charge in [-0.15, -0.1) is 0 Å². The summed E-state index contributed by atoms with van der Waals surface area (Å²) in [5.41, 5.74) is 5.84. The van der Waals surface area contributed by atoms with E-state index in [1.54, 1.807) is 12.1 Å². The van der Waals surface area contributed by atoms with Crippen LogP contribution < -0.4 is 15.2 Å². The summed E-state index contributed by atoms with van der Waals surface area (Å²) >= 11 is 6.18. The molecule has 0 atom stereocenters. The zero-order valence-corrected chi connectivity index (χ0v) is 12.7. The number of anilines is 1. The molecule has 18 heavy (non-hydrogen) atoms. The van der Waals surface area contributed by atoms with Crippen molar-refractivity contribution < 1.29 is 9.47 Å². The Morgan fingerprint density at radius 1 is 0.889 bits per heavy atom. The minimum absolute atomic E-state index is 0.316. The fourth-order valence-corrected chi connectivity index (χ4v) is 1.57. The molecule has 0 aliphatic carbocycles. The third kappa shape index (κ3) is 4.65. The van der Waals surface area contributed by atoms with Gasteiger partial charge in [0, 0.05) is 12.1 Å². The van der Waals surface area contributed by atoms with Gasteiger partial charge in [-0.05, 0) is 41.5 Å². The van der Waals surface area contributed by atoms with E-state index in [-0.39, 0.29) is 11.2 Å². The Morgan fingerprint density at radius 2 is 1.33 bits per heavy atom. The fraction of sp³-hybridized carbons (Fsp3) is 0.571.